The maximum Gasteiger partial charge on any atom is 0.184 e. The number of halogens is 3. The Labute approximate surface area is 136 Å². The predicted molar refractivity (Wildman–Crippen MR) is 87.7 cm³/mol. The summed E-state index contributed by atoms with van der Waals surface area (Å²) in [4.78, 5) is 12.4. The van der Waals surface area contributed by atoms with Crippen molar-refractivity contribution in [3.63, 3.8) is 0 Å². The standard InChI is InChI=1S/C16H10Cl3NO/c17-10-5-6-13(18)12(7-10)16(21)9-20-8-14(19)11-3-1-2-4-15(11)20/h1-8H,9H2. The van der Waals surface area contributed by atoms with Crippen molar-refractivity contribution in [2.75, 3.05) is 0 Å². The summed E-state index contributed by atoms with van der Waals surface area (Å²) in [5.74, 6) is -0.111. The normalized spacial score (nSPS) is 11.0. The topological polar surface area (TPSA) is 22.0 Å². The first-order valence-electron chi connectivity index (χ1n) is 6.28. The lowest BCUT2D eigenvalue weighted by Gasteiger charge is -2.07. The second-order valence-electron chi connectivity index (χ2n) is 4.67. The van der Waals surface area contributed by atoms with Crippen LogP contribution in [0.15, 0.2) is 48.7 Å². The molecule has 0 aliphatic rings. The average molecular weight is 339 g/mol. The molecule has 0 saturated heterocycles. The fourth-order valence-corrected chi connectivity index (χ4v) is 2.96. The summed E-state index contributed by atoms with van der Waals surface area (Å²) in [6.07, 6.45) is 1.75. The van der Waals surface area contributed by atoms with Crippen molar-refractivity contribution in [1.82, 2.24) is 4.57 Å². The van der Waals surface area contributed by atoms with E-state index in [0.29, 0.717) is 20.6 Å². The first-order chi connectivity index (χ1) is 10.1. The van der Waals surface area contributed by atoms with E-state index in [0.717, 1.165) is 10.9 Å². The van der Waals surface area contributed by atoms with Crippen molar-refractivity contribution in [2.24, 2.45) is 0 Å². The van der Waals surface area contributed by atoms with Crippen molar-refractivity contribution in [3.05, 3.63) is 69.3 Å². The second-order valence-corrected chi connectivity index (χ2v) is 5.92. The van der Waals surface area contributed by atoms with Gasteiger partial charge in [0, 0.05) is 27.7 Å². The third-order valence-corrected chi connectivity index (χ3v) is 4.15. The predicted octanol–water partition coefficient (Wildman–Crippen LogP) is 5.48. The van der Waals surface area contributed by atoms with Gasteiger partial charge in [0.15, 0.2) is 5.78 Å². The van der Waals surface area contributed by atoms with Gasteiger partial charge >= 0.3 is 0 Å². The van der Waals surface area contributed by atoms with Crippen molar-refractivity contribution in [2.45, 2.75) is 6.54 Å². The van der Waals surface area contributed by atoms with Crippen molar-refractivity contribution >= 4 is 51.5 Å². The molecule has 0 amide bonds. The minimum atomic E-state index is -0.111. The van der Waals surface area contributed by atoms with Crippen LogP contribution >= 0.6 is 34.8 Å². The number of benzene rings is 2. The third kappa shape index (κ3) is 2.80. The highest BCUT2D eigenvalue weighted by Crippen LogP contribution is 2.27. The van der Waals surface area contributed by atoms with Gasteiger partial charge in [0.1, 0.15) is 0 Å². The highest BCUT2D eigenvalue weighted by atomic mass is 35.5. The van der Waals surface area contributed by atoms with Gasteiger partial charge in [-0.05, 0) is 24.3 Å². The minimum Gasteiger partial charge on any atom is -0.338 e. The summed E-state index contributed by atoms with van der Waals surface area (Å²) in [7, 11) is 0. The van der Waals surface area contributed by atoms with Crippen LogP contribution in [0.2, 0.25) is 15.1 Å². The van der Waals surface area contributed by atoms with E-state index in [1.807, 2.05) is 28.8 Å². The molecule has 0 saturated carbocycles. The van der Waals surface area contributed by atoms with Crippen LogP contribution in [0.5, 0.6) is 0 Å². The molecule has 0 spiro atoms. The zero-order chi connectivity index (χ0) is 15.0. The van der Waals surface area contributed by atoms with E-state index in [4.69, 9.17) is 34.8 Å². The number of para-hydroxylation sites is 1. The molecular weight excluding hydrogens is 329 g/mol. The Bertz CT molecular complexity index is 839. The zero-order valence-corrected chi connectivity index (χ0v) is 13.1. The average Bonchev–Trinajstić information content (AvgIpc) is 2.78. The maximum atomic E-state index is 12.4. The molecule has 5 heteroatoms. The lowest BCUT2D eigenvalue weighted by molar-refractivity contribution is 0.0974. The molecule has 3 aromatic rings. The van der Waals surface area contributed by atoms with E-state index in [9.17, 15) is 4.79 Å². The van der Waals surface area contributed by atoms with Gasteiger partial charge in [-0.1, -0.05) is 53.0 Å². The van der Waals surface area contributed by atoms with Gasteiger partial charge in [0.2, 0.25) is 0 Å². The number of nitrogens with zero attached hydrogens (tertiary/aromatic N) is 1. The fourth-order valence-electron chi connectivity index (χ4n) is 2.28. The van der Waals surface area contributed by atoms with Gasteiger partial charge < -0.3 is 4.57 Å². The molecular formula is C16H10Cl3NO. The number of aromatic nitrogens is 1. The number of carbonyl (C=O) groups is 1. The number of carbonyl (C=O) groups excluding carboxylic acids is 1. The first kappa shape index (κ1) is 14.5. The van der Waals surface area contributed by atoms with Gasteiger partial charge in [-0.3, -0.25) is 4.79 Å². The van der Waals surface area contributed by atoms with E-state index < -0.39 is 0 Å². The molecule has 0 N–H and O–H groups in total. The molecule has 2 nitrogen and oxygen atoms in total. The second kappa shape index (κ2) is 5.72. The molecule has 0 radical (unpaired) electrons. The lowest BCUT2D eigenvalue weighted by atomic mass is 10.1. The Morgan fingerprint density at radius 3 is 2.57 bits per heavy atom. The van der Waals surface area contributed by atoms with Crippen LogP contribution in [-0.4, -0.2) is 10.4 Å². The molecule has 0 aliphatic carbocycles. The third-order valence-electron chi connectivity index (χ3n) is 3.28. The molecule has 0 aliphatic heterocycles. The molecule has 1 aromatic heterocycles. The van der Waals surface area contributed by atoms with Crippen LogP contribution in [0.25, 0.3) is 10.9 Å². The Morgan fingerprint density at radius 1 is 1.00 bits per heavy atom. The van der Waals surface area contributed by atoms with Crippen LogP contribution < -0.4 is 0 Å². The van der Waals surface area contributed by atoms with E-state index in [1.54, 1.807) is 24.4 Å². The van der Waals surface area contributed by atoms with Crippen LogP contribution in [0.3, 0.4) is 0 Å². The first-order valence-corrected chi connectivity index (χ1v) is 7.41. The molecule has 106 valence electrons. The van der Waals surface area contributed by atoms with Crippen LogP contribution in [0.1, 0.15) is 10.4 Å². The SMILES string of the molecule is O=C(Cn1cc(Cl)c2ccccc21)c1cc(Cl)ccc1Cl. The van der Waals surface area contributed by atoms with E-state index in [-0.39, 0.29) is 12.3 Å². The quantitative estimate of drug-likeness (QED) is 0.579. The Balaban J connectivity index is 1.99. The van der Waals surface area contributed by atoms with Gasteiger partial charge in [-0.2, -0.15) is 0 Å². The Kier molecular flexibility index (Phi) is 3.94. The number of hydrogen-bond acceptors (Lipinski definition) is 1. The number of hydrogen-bond donors (Lipinski definition) is 0. The summed E-state index contributed by atoms with van der Waals surface area (Å²) in [5.41, 5.74) is 1.33. The molecule has 1 heterocycles. The number of ketones is 1. The van der Waals surface area contributed by atoms with Gasteiger partial charge in [-0.15, -0.1) is 0 Å². The van der Waals surface area contributed by atoms with E-state index >= 15 is 0 Å². The van der Waals surface area contributed by atoms with Crippen LogP contribution in [-0.2, 0) is 6.54 Å². The van der Waals surface area contributed by atoms with Gasteiger partial charge in [0.25, 0.3) is 0 Å². The highest BCUT2D eigenvalue weighted by molar-refractivity contribution is 6.36. The van der Waals surface area contributed by atoms with E-state index in [1.165, 1.54) is 0 Å². The smallest absolute Gasteiger partial charge is 0.184 e. The molecule has 3 rings (SSSR count). The summed E-state index contributed by atoms with van der Waals surface area (Å²) in [5, 5.41) is 2.42. The fraction of sp³-hybridized carbons (Fsp3) is 0.0625. The largest absolute Gasteiger partial charge is 0.338 e. The van der Waals surface area contributed by atoms with E-state index in [2.05, 4.69) is 0 Å². The maximum absolute atomic E-state index is 12.4. The number of fused-ring (bicyclic) bond motifs is 1. The molecule has 0 atom stereocenters. The van der Waals surface area contributed by atoms with Gasteiger partial charge in [-0.25, -0.2) is 0 Å². The van der Waals surface area contributed by atoms with Crippen molar-refractivity contribution in [1.29, 1.82) is 0 Å². The van der Waals surface area contributed by atoms with Crippen LogP contribution in [0, 0.1) is 0 Å². The minimum absolute atomic E-state index is 0.111. The monoisotopic (exact) mass is 337 g/mol. The molecule has 0 fully saturated rings. The summed E-state index contributed by atoms with van der Waals surface area (Å²) in [6.45, 7) is 0.160. The molecule has 21 heavy (non-hydrogen) atoms. The molecule has 2 aromatic carbocycles. The van der Waals surface area contributed by atoms with Crippen molar-refractivity contribution < 1.29 is 4.79 Å². The van der Waals surface area contributed by atoms with Crippen molar-refractivity contribution in [3.8, 4) is 0 Å². The summed E-state index contributed by atoms with van der Waals surface area (Å²) < 4.78 is 1.82. The highest BCUT2D eigenvalue weighted by Gasteiger charge is 2.14. The van der Waals surface area contributed by atoms with Crippen LogP contribution in [0.4, 0.5) is 0 Å². The zero-order valence-electron chi connectivity index (χ0n) is 10.8. The van der Waals surface area contributed by atoms with Gasteiger partial charge in [0.05, 0.1) is 16.6 Å². The summed E-state index contributed by atoms with van der Waals surface area (Å²) in [6, 6.07) is 12.5. The number of rotatable bonds is 3. The number of Topliss-reactive ketones (excluding diaryl/α,β-unsaturated/α-hetero) is 1. The molecule has 0 unspecified atom stereocenters. The molecule has 0 bridgehead atoms. The Hall–Kier alpha value is -1.48. The summed E-state index contributed by atoms with van der Waals surface area (Å²) >= 11 is 18.2. The Morgan fingerprint density at radius 2 is 1.76 bits per heavy atom. The lowest BCUT2D eigenvalue weighted by Crippen LogP contribution is -2.10.